The zero-order chi connectivity index (χ0) is 21.0. The van der Waals surface area contributed by atoms with Crippen LogP contribution in [0.3, 0.4) is 0 Å². The van der Waals surface area contributed by atoms with E-state index in [1.54, 1.807) is 49.4 Å². The molecule has 0 saturated heterocycles. The first-order valence-electron chi connectivity index (χ1n) is 9.32. The number of hydrogen-bond donors (Lipinski definition) is 1. The van der Waals surface area contributed by atoms with Gasteiger partial charge in [0.15, 0.2) is 0 Å². The molecule has 1 aliphatic rings. The molecule has 0 spiro atoms. The molecule has 152 valence electrons. The first kappa shape index (κ1) is 20.4. The molecule has 7 heteroatoms. The number of amides is 2. The second-order valence-corrected chi connectivity index (χ2v) is 6.82. The topological polar surface area (TPSA) is 84.9 Å². The van der Waals surface area contributed by atoms with Crippen molar-refractivity contribution >= 4 is 17.8 Å². The standard InChI is InChI=1S/C22H24N2O5/c1-24-20(14-8-10-15(28-2)11-9-14)19(21(26)23-13-12-18(25)29-3)16-6-4-5-7-17(16)22(24)27/h4-11,19-20H,12-13H2,1-3H3,(H,23,26)/t19-,20+/m0/s1. The van der Waals surface area contributed by atoms with Crippen LogP contribution >= 0.6 is 0 Å². The Bertz CT molecular complexity index is 910. The first-order valence-corrected chi connectivity index (χ1v) is 9.32. The Morgan fingerprint density at radius 2 is 1.76 bits per heavy atom. The van der Waals surface area contributed by atoms with E-state index < -0.39 is 17.9 Å². The van der Waals surface area contributed by atoms with Crippen molar-refractivity contribution in [2.45, 2.75) is 18.4 Å². The van der Waals surface area contributed by atoms with Gasteiger partial charge in [-0.15, -0.1) is 0 Å². The molecule has 0 bridgehead atoms. The van der Waals surface area contributed by atoms with E-state index in [9.17, 15) is 14.4 Å². The third-order valence-corrected chi connectivity index (χ3v) is 5.18. The van der Waals surface area contributed by atoms with Gasteiger partial charge in [-0.25, -0.2) is 0 Å². The Hall–Kier alpha value is -3.35. The minimum absolute atomic E-state index is 0.0819. The van der Waals surface area contributed by atoms with Crippen LogP contribution in [-0.2, 0) is 14.3 Å². The molecule has 0 radical (unpaired) electrons. The van der Waals surface area contributed by atoms with E-state index in [4.69, 9.17) is 4.74 Å². The average Bonchev–Trinajstić information content (AvgIpc) is 2.75. The Morgan fingerprint density at radius 3 is 2.41 bits per heavy atom. The first-order chi connectivity index (χ1) is 14.0. The van der Waals surface area contributed by atoms with Crippen molar-refractivity contribution in [3.8, 4) is 5.75 Å². The lowest BCUT2D eigenvalue weighted by Crippen LogP contribution is -2.45. The number of methoxy groups -OCH3 is 2. The zero-order valence-electron chi connectivity index (χ0n) is 16.7. The quantitative estimate of drug-likeness (QED) is 0.758. The molecule has 29 heavy (non-hydrogen) atoms. The van der Waals surface area contributed by atoms with Crippen molar-refractivity contribution in [1.29, 1.82) is 0 Å². The highest BCUT2D eigenvalue weighted by Crippen LogP contribution is 2.42. The molecular weight excluding hydrogens is 372 g/mol. The van der Waals surface area contributed by atoms with Crippen molar-refractivity contribution in [1.82, 2.24) is 10.2 Å². The van der Waals surface area contributed by atoms with E-state index in [1.165, 1.54) is 7.11 Å². The number of carbonyl (C=O) groups is 3. The summed E-state index contributed by atoms with van der Waals surface area (Å²) in [5.74, 6) is -0.701. The van der Waals surface area contributed by atoms with E-state index in [1.807, 2.05) is 18.2 Å². The van der Waals surface area contributed by atoms with Gasteiger partial charge in [-0.05, 0) is 29.3 Å². The van der Waals surface area contributed by atoms with Crippen LogP contribution < -0.4 is 10.1 Å². The van der Waals surface area contributed by atoms with E-state index in [-0.39, 0.29) is 24.8 Å². The van der Waals surface area contributed by atoms with Crippen LogP contribution in [-0.4, -0.2) is 50.5 Å². The van der Waals surface area contributed by atoms with Crippen molar-refractivity contribution in [2.75, 3.05) is 27.8 Å². The Kier molecular flexibility index (Phi) is 6.16. The van der Waals surface area contributed by atoms with E-state index >= 15 is 0 Å². The summed E-state index contributed by atoms with van der Waals surface area (Å²) in [5, 5.41) is 2.81. The molecule has 0 saturated carbocycles. The monoisotopic (exact) mass is 396 g/mol. The molecule has 2 amide bonds. The lowest BCUT2D eigenvalue weighted by Gasteiger charge is -2.39. The summed E-state index contributed by atoms with van der Waals surface area (Å²) in [6, 6.07) is 14.0. The lowest BCUT2D eigenvalue weighted by molar-refractivity contribution is -0.140. The van der Waals surface area contributed by atoms with E-state index in [0.717, 1.165) is 5.56 Å². The normalized spacial score (nSPS) is 18.0. The number of carbonyl (C=O) groups excluding carboxylic acids is 3. The smallest absolute Gasteiger partial charge is 0.307 e. The van der Waals surface area contributed by atoms with Crippen LogP contribution in [0.25, 0.3) is 0 Å². The van der Waals surface area contributed by atoms with Gasteiger partial charge < -0.3 is 19.7 Å². The van der Waals surface area contributed by atoms with Crippen molar-refractivity contribution in [2.24, 2.45) is 0 Å². The number of ether oxygens (including phenoxy) is 2. The fraction of sp³-hybridized carbons (Fsp3) is 0.318. The number of hydrogen-bond acceptors (Lipinski definition) is 5. The van der Waals surface area contributed by atoms with Crippen molar-refractivity contribution < 1.29 is 23.9 Å². The van der Waals surface area contributed by atoms with Gasteiger partial charge in [0.1, 0.15) is 5.75 Å². The number of nitrogens with zero attached hydrogens (tertiary/aromatic N) is 1. The molecule has 1 aliphatic heterocycles. The molecule has 2 aromatic rings. The van der Waals surface area contributed by atoms with Crippen LogP contribution in [0.4, 0.5) is 0 Å². The number of benzene rings is 2. The maximum atomic E-state index is 13.2. The van der Waals surface area contributed by atoms with Crippen LogP contribution in [0, 0.1) is 0 Å². The van der Waals surface area contributed by atoms with E-state index in [0.29, 0.717) is 16.9 Å². The summed E-state index contributed by atoms with van der Waals surface area (Å²) >= 11 is 0. The fourth-order valence-corrected chi connectivity index (χ4v) is 3.67. The van der Waals surface area contributed by atoms with Gasteiger partial charge in [-0.3, -0.25) is 14.4 Å². The van der Waals surface area contributed by atoms with E-state index in [2.05, 4.69) is 10.1 Å². The van der Waals surface area contributed by atoms with Gasteiger partial charge in [0.25, 0.3) is 5.91 Å². The Balaban J connectivity index is 1.98. The highest BCUT2D eigenvalue weighted by molar-refractivity contribution is 6.01. The molecule has 1 heterocycles. The summed E-state index contributed by atoms with van der Waals surface area (Å²) in [6.45, 7) is 0.164. The van der Waals surface area contributed by atoms with Gasteiger partial charge in [-0.1, -0.05) is 30.3 Å². The second kappa shape index (κ2) is 8.77. The number of likely N-dealkylation sites (N-methyl/N-ethyl adjacent to an activating group) is 1. The zero-order valence-corrected chi connectivity index (χ0v) is 16.7. The minimum atomic E-state index is -0.611. The van der Waals surface area contributed by atoms with Crippen molar-refractivity contribution in [3.63, 3.8) is 0 Å². The van der Waals surface area contributed by atoms with Crippen LogP contribution in [0.2, 0.25) is 0 Å². The minimum Gasteiger partial charge on any atom is -0.497 e. The van der Waals surface area contributed by atoms with Crippen LogP contribution in [0.5, 0.6) is 5.75 Å². The highest BCUT2D eigenvalue weighted by atomic mass is 16.5. The number of esters is 1. The average molecular weight is 396 g/mol. The molecule has 0 aromatic heterocycles. The van der Waals surface area contributed by atoms with Gasteiger partial charge >= 0.3 is 5.97 Å². The predicted octanol–water partition coefficient (Wildman–Crippen LogP) is 2.28. The largest absolute Gasteiger partial charge is 0.497 e. The third kappa shape index (κ3) is 4.08. The maximum absolute atomic E-state index is 13.2. The Morgan fingerprint density at radius 1 is 1.07 bits per heavy atom. The highest BCUT2D eigenvalue weighted by Gasteiger charge is 2.42. The summed E-state index contributed by atoms with van der Waals surface area (Å²) in [5.41, 5.74) is 2.00. The molecule has 0 aliphatic carbocycles. The fourth-order valence-electron chi connectivity index (χ4n) is 3.67. The van der Waals surface area contributed by atoms with Crippen LogP contribution in [0.15, 0.2) is 48.5 Å². The predicted molar refractivity (Wildman–Crippen MR) is 107 cm³/mol. The molecule has 0 fully saturated rings. The van der Waals surface area contributed by atoms with Gasteiger partial charge in [0.2, 0.25) is 5.91 Å². The van der Waals surface area contributed by atoms with Crippen molar-refractivity contribution in [3.05, 3.63) is 65.2 Å². The molecule has 2 atom stereocenters. The molecule has 1 N–H and O–H groups in total. The lowest BCUT2D eigenvalue weighted by atomic mass is 9.79. The summed E-state index contributed by atoms with van der Waals surface area (Å²) in [7, 11) is 4.59. The molecular formula is C22H24N2O5. The molecule has 3 rings (SSSR count). The third-order valence-electron chi connectivity index (χ3n) is 5.18. The summed E-state index contributed by atoms with van der Waals surface area (Å²) in [4.78, 5) is 39.1. The number of rotatable bonds is 6. The van der Waals surface area contributed by atoms with Gasteiger partial charge in [0.05, 0.1) is 32.6 Å². The molecule has 2 aromatic carbocycles. The number of fused-ring (bicyclic) bond motifs is 1. The summed E-state index contributed by atoms with van der Waals surface area (Å²) < 4.78 is 9.84. The van der Waals surface area contributed by atoms with Gasteiger partial charge in [0, 0.05) is 19.2 Å². The van der Waals surface area contributed by atoms with Crippen LogP contribution in [0.1, 0.15) is 39.9 Å². The molecule has 7 nitrogen and oxygen atoms in total. The maximum Gasteiger partial charge on any atom is 0.307 e. The number of nitrogens with one attached hydrogen (secondary N) is 1. The summed E-state index contributed by atoms with van der Waals surface area (Å²) in [6.07, 6.45) is 0.0819. The SMILES string of the molecule is COC(=O)CCNC(=O)[C@H]1c2ccccc2C(=O)N(C)[C@@H]1c1ccc(OC)cc1. The van der Waals surface area contributed by atoms with Gasteiger partial charge in [-0.2, -0.15) is 0 Å². The Labute approximate surface area is 169 Å². The molecule has 0 unspecified atom stereocenters. The second-order valence-electron chi connectivity index (χ2n) is 6.82.